The zero-order valence-electron chi connectivity index (χ0n) is 15.0. The zero-order chi connectivity index (χ0) is 20.6. The molecule has 148 valence electrons. The number of aromatic nitrogens is 2. The molecule has 11 heteroatoms. The van der Waals surface area contributed by atoms with E-state index in [1.54, 1.807) is 26.4 Å². The van der Waals surface area contributed by atoms with E-state index in [0.717, 1.165) is 11.3 Å². The number of nitrogens with zero attached hydrogens (tertiary/aromatic N) is 3. The summed E-state index contributed by atoms with van der Waals surface area (Å²) in [6.45, 7) is 2.01. The standard InChI is InChI=1S/C17H15F3N4O2S2/c1-7-15(28-11(22-7)5-21-17(26)24(2)3)10-6-27-16(23-10)8-4-9(18)14(25)13(20)12(8)19/h4,6,25H,5H2,1-3H3,(H,21,26). The molecule has 3 aromatic rings. The van der Waals surface area contributed by atoms with Crippen LogP contribution in [0, 0.1) is 24.4 Å². The van der Waals surface area contributed by atoms with Crippen molar-refractivity contribution >= 4 is 28.7 Å². The smallest absolute Gasteiger partial charge is 0.317 e. The van der Waals surface area contributed by atoms with Crippen LogP contribution in [0.3, 0.4) is 0 Å². The summed E-state index contributed by atoms with van der Waals surface area (Å²) >= 11 is 2.32. The molecule has 0 radical (unpaired) electrons. The topological polar surface area (TPSA) is 78.4 Å². The van der Waals surface area contributed by atoms with Crippen LogP contribution in [0.4, 0.5) is 18.0 Å². The SMILES string of the molecule is Cc1nc(CNC(=O)N(C)C)sc1-c1csc(-c2cc(F)c(O)c(F)c2F)n1. The number of carbonyl (C=O) groups excluding carboxylic acids is 1. The van der Waals surface area contributed by atoms with Gasteiger partial charge in [0.2, 0.25) is 5.82 Å². The van der Waals surface area contributed by atoms with Crippen LogP contribution in [0.25, 0.3) is 21.1 Å². The van der Waals surface area contributed by atoms with E-state index in [9.17, 15) is 18.0 Å². The van der Waals surface area contributed by atoms with Crippen molar-refractivity contribution in [2.24, 2.45) is 0 Å². The molecule has 0 saturated heterocycles. The van der Waals surface area contributed by atoms with Crippen LogP contribution in [0.15, 0.2) is 11.4 Å². The van der Waals surface area contributed by atoms with Crippen molar-refractivity contribution < 1.29 is 23.1 Å². The summed E-state index contributed by atoms with van der Waals surface area (Å²) < 4.78 is 41.3. The summed E-state index contributed by atoms with van der Waals surface area (Å²) in [5.41, 5.74) is 0.776. The number of rotatable bonds is 4. The average Bonchev–Trinajstić information content (AvgIpc) is 3.27. The number of phenolic OH excluding ortho intramolecular Hbond substituents is 1. The van der Waals surface area contributed by atoms with Crippen molar-refractivity contribution in [2.75, 3.05) is 14.1 Å². The number of aryl methyl sites for hydroxylation is 1. The molecule has 6 nitrogen and oxygen atoms in total. The van der Waals surface area contributed by atoms with Gasteiger partial charge in [-0.3, -0.25) is 0 Å². The third-order valence-corrected chi connectivity index (χ3v) is 5.79. The first-order valence-electron chi connectivity index (χ1n) is 7.93. The third kappa shape index (κ3) is 3.80. The van der Waals surface area contributed by atoms with Crippen molar-refractivity contribution in [1.82, 2.24) is 20.2 Å². The van der Waals surface area contributed by atoms with Gasteiger partial charge in [-0.15, -0.1) is 22.7 Å². The molecule has 3 rings (SSSR count). The molecule has 1 aromatic carbocycles. The molecule has 2 N–H and O–H groups in total. The van der Waals surface area contributed by atoms with Gasteiger partial charge in [0, 0.05) is 19.5 Å². The van der Waals surface area contributed by atoms with Crippen molar-refractivity contribution in [3.05, 3.63) is 39.6 Å². The lowest BCUT2D eigenvalue weighted by Crippen LogP contribution is -2.33. The Morgan fingerprint density at radius 1 is 1.25 bits per heavy atom. The Morgan fingerprint density at radius 2 is 1.96 bits per heavy atom. The van der Waals surface area contributed by atoms with Crippen LogP contribution < -0.4 is 5.32 Å². The number of nitrogens with one attached hydrogen (secondary N) is 1. The Labute approximate surface area is 166 Å². The monoisotopic (exact) mass is 428 g/mol. The predicted molar refractivity (Wildman–Crippen MR) is 101 cm³/mol. The third-order valence-electron chi connectivity index (χ3n) is 3.74. The lowest BCUT2D eigenvalue weighted by atomic mass is 10.2. The second-order valence-corrected chi connectivity index (χ2v) is 7.94. The molecular formula is C17H15F3N4O2S2. The first-order chi connectivity index (χ1) is 13.2. The molecule has 0 aliphatic rings. The minimum Gasteiger partial charge on any atom is -0.503 e. The Kier molecular flexibility index (Phi) is 5.57. The van der Waals surface area contributed by atoms with Crippen molar-refractivity contribution in [3.8, 4) is 26.9 Å². The van der Waals surface area contributed by atoms with Gasteiger partial charge in [-0.1, -0.05) is 0 Å². The highest BCUT2D eigenvalue weighted by Gasteiger charge is 2.22. The molecule has 2 aromatic heterocycles. The Bertz CT molecular complexity index is 1050. The van der Waals surface area contributed by atoms with E-state index >= 15 is 0 Å². The maximum Gasteiger partial charge on any atom is 0.317 e. The van der Waals surface area contributed by atoms with E-state index in [1.165, 1.54) is 16.2 Å². The summed E-state index contributed by atoms with van der Waals surface area (Å²) in [5, 5.41) is 14.2. The van der Waals surface area contributed by atoms with E-state index in [1.807, 2.05) is 0 Å². The minimum absolute atomic E-state index is 0.0700. The van der Waals surface area contributed by atoms with Crippen molar-refractivity contribution in [3.63, 3.8) is 0 Å². The van der Waals surface area contributed by atoms with Crippen LogP contribution in [0.2, 0.25) is 0 Å². The van der Waals surface area contributed by atoms with Gasteiger partial charge in [0.1, 0.15) is 10.0 Å². The largest absolute Gasteiger partial charge is 0.503 e. The highest BCUT2D eigenvalue weighted by molar-refractivity contribution is 7.16. The van der Waals surface area contributed by atoms with E-state index in [4.69, 9.17) is 5.11 Å². The first-order valence-corrected chi connectivity index (χ1v) is 9.62. The average molecular weight is 428 g/mol. The van der Waals surface area contributed by atoms with Crippen LogP contribution >= 0.6 is 22.7 Å². The molecule has 2 heterocycles. The van der Waals surface area contributed by atoms with Gasteiger partial charge in [0.25, 0.3) is 0 Å². The van der Waals surface area contributed by atoms with E-state index < -0.39 is 23.2 Å². The predicted octanol–water partition coefficient (Wildman–Crippen LogP) is 4.14. The van der Waals surface area contributed by atoms with E-state index in [0.29, 0.717) is 27.3 Å². The molecule has 2 amide bonds. The normalized spacial score (nSPS) is 10.9. The second kappa shape index (κ2) is 7.76. The van der Waals surface area contributed by atoms with Gasteiger partial charge in [0.05, 0.1) is 28.4 Å². The number of benzene rings is 1. The highest BCUT2D eigenvalue weighted by atomic mass is 32.1. The van der Waals surface area contributed by atoms with Crippen molar-refractivity contribution in [1.29, 1.82) is 0 Å². The minimum atomic E-state index is -1.65. The molecule has 28 heavy (non-hydrogen) atoms. The number of carbonyl (C=O) groups is 1. The van der Waals surface area contributed by atoms with Crippen LogP contribution in [-0.4, -0.2) is 40.1 Å². The highest BCUT2D eigenvalue weighted by Crippen LogP contribution is 2.37. The first kappa shape index (κ1) is 20.1. The van der Waals surface area contributed by atoms with Crippen LogP contribution in [0.5, 0.6) is 5.75 Å². The lowest BCUT2D eigenvalue weighted by molar-refractivity contribution is 0.217. The molecular weight excluding hydrogens is 413 g/mol. The summed E-state index contributed by atoms with van der Waals surface area (Å²) in [4.78, 5) is 22.4. The van der Waals surface area contributed by atoms with Gasteiger partial charge >= 0.3 is 6.03 Å². The molecule has 0 bridgehead atoms. The summed E-state index contributed by atoms with van der Waals surface area (Å²) in [7, 11) is 3.25. The van der Waals surface area contributed by atoms with Gasteiger partial charge in [-0.05, 0) is 13.0 Å². The Balaban J connectivity index is 1.88. The second-order valence-electron chi connectivity index (χ2n) is 6.00. The van der Waals surface area contributed by atoms with E-state index in [2.05, 4.69) is 15.3 Å². The number of thiazole rings is 2. The van der Waals surface area contributed by atoms with Gasteiger partial charge in [-0.2, -0.15) is 4.39 Å². The Morgan fingerprint density at radius 3 is 2.64 bits per heavy atom. The lowest BCUT2D eigenvalue weighted by Gasteiger charge is -2.10. The number of halogens is 3. The number of hydrogen-bond donors (Lipinski definition) is 2. The summed E-state index contributed by atoms with van der Waals surface area (Å²) in [6.07, 6.45) is 0. The quantitative estimate of drug-likeness (QED) is 0.613. The summed E-state index contributed by atoms with van der Waals surface area (Å²) in [5.74, 6) is -5.65. The molecule has 0 saturated carbocycles. The number of aromatic hydroxyl groups is 1. The van der Waals surface area contributed by atoms with E-state index in [-0.39, 0.29) is 23.1 Å². The molecule has 0 atom stereocenters. The van der Waals surface area contributed by atoms with Crippen LogP contribution in [-0.2, 0) is 6.54 Å². The van der Waals surface area contributed by atoms with Gasteiger partial charge in [-0.25, -0.2) is 23.5 Å². The van der Waals surface area contributed by atoms with Gasteiger partial charge in [0.15, 0.2) is 17.4 Å². The maximum atomic E-state index is 14.1. The molecule has 0 aliphatic heterocycles. The summed E-state index contributed by atoms with van der Waals surface area (Å²) in [6, 6.07) is 0.454. The van der Waals surface area contributed by atoms with Crippen LogP contribution in [0.1, 0.15) is 10.7 Å². The fourth-order valence-corrected chi connectivity index (χ4v) is 4.18. The van der Waals surface area contributed by atoms with Crippen molar-refractivity contribution in [2.45, 2.75) is 13.5 Å². The number of hydrogen-bond acceptors (Lipinski definition) is 6. The van der Waals surface area contributed by atoms with Gasteiger partial charge < -0.3 is 15.3 Å². The number of phenols is 1. The molecule has 0 fully saturated rings. The zero-order valence-corrected chi connectivity index (χ0v) is 16.6. The fourth-order valence-electron chi connectivity index (χ4n) is 2.32. The Hall–Kier alpha value is -2.66. The number of urea groups is 1. The number of amides is 2. The molecule has 0 unspecified atom stereocenters. The maximum absolute atomic E-state index is 14.1. The molecule has 0 spiro atoms. The fraction of sp³-hybridized carbons (Fsp3) is 0.235. The molecule has 0 aliphatic carbocycles.